The zero-order valence-electron chi connectivity index (χ0n) is 12.2. The van der Waals surface area contributed by atoms with Crippen LogP contribution < -0.4 is 0 Å². The molecular weight excluding hydrogens is 284 g/mol. The maximum Gasteiger partial charge on any atom is 0.232 e. The van der Waals surface area contributed by atoms with Gasteiger partial charge in [-0.3, -0.25) is 9.78 Å². The molecule has 0 aliphatic carbocycles. The van der Waals surface area contributed by atoms with Gasteiger partial charge < -0.3 is 4.90 Å². The van der Waals surface area contributed by atoms with Gasteiger partial charge in [0.2, 0.25) is 5.91 Å². The highest BCUT2D eigenvalue weighted by Gasteiger charge is 2.10. The molecule has 0 unspecified atom stereocenters. The molecule has 0 aliphatic rings. The summed E-state index contributed by atoms with van der Waals surface area (Å²) in [5.41, 5.74) is 1.78. The van der Waals surface area contributed by atoms with E-state index in [4.69, 9.17) is 0 Å². The zero-order chi connectivity index (χ0) is 15.1. The van der Waals surface area contributed by atoms with Gasteiger partial charge in [0.15, 0.2) is 0 Å². The molecule has 110 valence electrons. The van der Waals surface area contributed by atoms with Crippen molar-refractivity contribution in [2.45, 2.75) is 18.9 Å². The molecule has 0 radical (unpaired) electrons. The Hall–Kier alpha value is -1.95. The molecule has 2 heterocycles. The SMILES string of the molecule is CCN(CC)C(=O)CSc1ccc(-c2ccncc2)nn1. The van der Waals surface area contributed by atoms with Crippen LogP contribution in [0.15, 0.2) is 41.7 Å². The van der Waals surface area contributed by atoms with E-state index < -0.39 is 0 Å². The van der Waals surface area contributed by atoms with Crippen molar-refractivity contribution in [2.24, 2.45) is 0 Å². The Kier molecular flexibility index (Phi) is 5.68. The lowest BCUT2D eigenvalue weighted by Gasteiger charge is -2.17. The first-order valence-electron chi connectivity index (χ1n) is 6.89. The number of aromatic nitrogens is 3. The van der Waals surface area contributed by atoms with Crippen molar-refractivity contribution in [3.8, 4) is 11.3 Å². The van der Waals surface area contributed by atoms with Gasteiger partial charge in [0.1, 0.15) is 5.03 Å². The first-order chi connectivity index (χ1) is 10.2. The number of carbonyl (C=O) groups excluding carboxylic acids is 1. The van der Waals surface area contributed by atoms with Gasteiger partial charge in [-0.05, 0) is 38.1 Å². The summed E-state index contributed by atoms with van der Waals surface area (Å²) in [7, 11) is 0. The molecule has 1 amide bonds. The lowest BCUT2D eigenvalue weighted by Crippen LogP contribution is -2.31. The zero-order valence-corrected chi connectivity index (χ0v) is 13.0. The highest BCUT2D eigenvalue weighted by molar-refractivity contribution is 7.99. The third-order valence-electron chi connectivity index (χ3n) is 3.08. The molecule has 2 aromatic rings. The number of carbonyl (C=O) groups is 1. The van der Waals surface area contributed by atoms with Crippen LogP contribution in [0.2, 0.25) is 0 Å². The Morgan fingerprint density at radius 3 is 2.38 bits per heavy atom. The van der Waals surface area contributed by atoms with Crippen molar-refractivity contribution >= 4 is 17.7 Å². The van der Waals surface area contributed by atoms with Gasteiger partial charge in [-0.2, -0.15) is 0 Å². The van der Waals surface area contributed by atoms with Crippen molar-refractivity contribution in [2.75, 3.05) is 18.8 Å². The monoisotopic (exact) mass is 302 g/mol. The van der Waals surface area contributed by atoms with E-state index >= 15 is 0 Å². The topological polar surface area (TPSA) is 59.0 Å². The van der Waals surface area contributed by atoms with Crippen molar-refractivity contribution < 1.29 is 4.79 Å². The molecule has 5 nitrogen and oxygen atoms in total. The van der Waals surface area contributed by atoms with Crippen LogP contribution in [0.25, 0.3) is 11.3 Å². The predicted molar refractivity (Wildman–Crippen MR) is 83.9 cm³/mol. The average Bonchev–Trinajstić information content (AvgIpc) is 2.55. The van der Waals surface area contributed by atoms with Gasteiger partial charge in [0.05, 0.1) is 11.4 Å². The van der Waals surface area contributed by atoms with E-state index in [0.717, 1.165) is 29.4 Å². The lowest BCUT2D eigenvalue weighted by atomic mass is 10.2. The molecule has 6 heteroatoms. The maximum absolute atomic E-state index is 11.9. The minimum atomic E-state index is 0.130. The van der Waals surface area contributed by atoms with Crippen LogP contribution in [0.4, 0.5) is 0 Å². The molecule has 0 saturated carbocycles. The van der Waals surface area contributed by atoms with Crippen molar-refractivity contribution in [1.29, 1.82) is 0 Å². The summed E-state index contributed by atoms with van der Waals surface area (Å²) in [6.45, 7) is 5.44. The Morgan fingerprint density at radius 2 is 1.81 bits per heavy atom. The molecule has 0 spiro atoms. The van der Waals surface area contributed by atoms with Crippen LogP contribution in [0.3, 0.4) is 0 Å². The fraction of sp³-hybridized carbons (Fsp3) is 0.333. The molecule has 0 saturated heterocycles. The molecule has 21 heavy (non-hydrogen) atoms. The first-order valence-corrected chi connectivity index (χ1v) is 7.87. The summed E-state index contributed by atoms with van der Waals surface area (Å²) in [6, 6.07) is 7.58. The first kappa shape index (κ1) is 15.4. The number of pyridine rings is 1. The molecule has 0 atom stereocenters. The van der Waals surface area contributed by atoms with E-state index in [1.54, 1.807) is 12.4 Å². The normalized spacial score (nSPS) is 10.4. The average molecular weight is 302 g/mol. The van der Waals surface area contributed by atoms with Crippen LogP contribution in [-0.2, 0) is 4.79 Å². The van der Waals surface area contributed by atoms with E-state index in [-0.39, 0.29) is 5.91 Å². The van der Waals surface area contributed by atoms with Gasteiger partial charge in [-0.15, -0.1) is 10.2 Å². The van der Waals surface area contributed by atoms with Crippen LogP contribution in [0, 0.1) is 0 Å². The van der Waals surface area contributed by atoms with Crippen molar-refractivity contribution in [1.82, 2.24) is 20.1 Å². The van der Waals surface area contributed by atoms with Crippen LogP contribution in [0.5, 0.6) is 0 Å². The Labute approximate surface area is 128 Å². The summed E-state index contributed by atoms with van der Waals surface area (Å²) in [6.07, 6.45) is 3.45. The van der Waals surface area contributed by atoms with Gasteiger partial charge in [-0.1, -0.05) is 11.8 Å². The van der Waals surface area contributed by atoms with Crippen LogP contribution >= 0.6 is 11.8 Å². The standard InChI is InChI=1S/C15H18N4OS/c1-3-19(4-2)15(20)11-21-14-6-5-13(17-18-14)12-7-9-16-10-8-12/h5-10H,3-4,11H2,1-2H3. The summed E-state index contributed by atoms with van der Waals surface area (Å²) in [5.74, 6) is 0.523. The number of hydrogen-bond acceptors (Lipinski definition) is 5. The molecule has 0 fully saturated rings. The van der Waals surface area contributed by atoms with E-state index in [1.165, 1.54) is 11.8 Å². The highest BCUT2D eigenvalue weighted by Crippen LogP contribution is 2.19. The second-order valence-corrected chi connectivity index (χ2v) is 5.34. The predicted octanol–water partition coefficient (Wildman–Crippen LogP) is 2.50. The molecule has 0 N–H and O–H groups in total. The van der Waals surface area contributed by atoms with Gasteiger partial charge >= 0.3 is 0 Å². The highest BCUT2D eigenvalue weighted by atomic mass is 32.2. The maximum atomic E-state index is 11.9. The quantitative estimate of drug-likeness (QED) is 0.767. The molecule has 0 bridgehead atoms. The fourth-order valence-electron chi connectivity index (χ4n) is 1.88. The minimum Gasteiger partial charge on any atom is -0.343 e. The molecule has 2 aromatic heterocycles. The Morgan fingerprint density at radius 1 is 1.10 bits per heavy atom. The van der Waals surface area contributed by atoms with Gasteiger partial charge in [0.25, 0.3) is 0 Å². The van der Waals surface area contributed by atoms with Crippen molar-refractivity contribution in [3.63, 3.8) is 0 Å². The van der Waals surface area contributed by atoms with Crippen molar-refractivity contribution in [3.05, 3.63) is 36.7 Å². The number of amides is 1. The number of nitrogens with zero attached hydrogens (tertiary/aromatic N) is 4. The smallest absolute Gasteiger partial charge is 0.232 e. The molecule has 0 aliphatic heterocycles. The molecule has 0 aromatic carbocycles. The summed E-state index contributed by atoms with van der Waals surface area (Å²) >= 11 is 1.41. The lowest BCUT2D eigenvalue weighted by molar-refractivity contribution is -0.127. The van der Waals surface area contributed by atoms with E-state index in [2.05, 4.69) is 15.2 Å². The van der Waals surface area contributed by atoms with Gasteiger partial charge in [0, 0.05) is 31.0 Å². The number of thioether (sulfide) groups is 1. The fourth-order valence-corrected chi connectivity index (χ4v) is 2.59. The Bertz CT molecular complexity index is 570. The minimum absolute atomic E-state index is 0.130. The largest absolute Gasteiger partial charge is 0.343 e. The van der Waals surface area contributed by atoms with Crippen LogP contribution in [0.1, 0.15) is 13.8 Å². The summed E-state index contributed by atoms with van der Waals surface area (Å²) < 4.78 is 0. The second kappa shape index (κ2) is 7.73. The second-order valence-electron chi connectivity index (χ2n) is 4.35. The third kappa shape index (κ3) is 4.26. The van der Waals surface area contributed by atoms with E-state index in [9.17, 15) is 4.79 Å². The van der Waals surface area contributed by atoms with Gasteiger partial charge in [-0.25, -0.2) is 0 Å². The Balaban J connectivity index is 1.96. The molecular formula is C15H18N4OS. The van der Waals surface area contributed by atoms with Crippen LogP contribution in [-0.4, -0.2) is 44.8 Å². The van der Waals surface area contributed by atoms with E-state index in [0.29, 0.717) is 5.75 Å². The number of rotatable bonds is 6. The van der Waals surface area contributed by atoms with E-state index in [1.807, 2.05) is 43.0 Å². The summed E-state index contributed by atoms with van der Waals surface area (Å²) in [5, 5.41) is 9.11. The third-order valence-corrected chi connectivity index (χ3v) is 3.98. The summed E-state index contributed by atoms with van der Waals surface area (Å²) in [4.78, 5) is 17.7. The molecule has 2 rings (SSSR count). The number of hydrogen-bond donors (Lipinski definition) is 0.